The molecule has 0 amide bonds. The Bertz CT molecular complexity index is 424. The molecule has 1 N–H and O–H groups in total. The predicted molar refractivity (Wildman–Crippen MR) is 72.3 cm³/mol. The molecule has 4 nitrogen and oxygen atoms in total. The molecular weight excluding hydrogens is 224 g/mol. The molecule has 1 aromatic rings. The summed E-state index contributed by atoms with van der Waals surface area (Å²) in [5.41, 5.74) is 0.626. The Balaban J connectivity index is 1.84. The molecule has 0 aliphatic carbocycles. The monoisotopic (exact) mass is 244 g/mol. The molecule has 1 aliphatic heterocycles. The van der Waals surface area contributed by atoms with Crippen molar-refractivity contribution in [3.8, 4) is 6.07 Å². The zero-order chi connectivity index (χ0) is 12.8. The molecule has 1 aliphatic rings. The summed E-state index contributed by atoms with van der Waals surface area (Å²) in [4.78, 5) is 6.73. The molecule has 0 unspecified atom stereocenters. The van der Waals surface area contributed by atoms with E-state index in [9.17, 15) is 0 Å². The molecule has 2 heterocycles. The molecule has 0 bridgehead atoms. The van der Waals surface area contributed by atoms with Crippen molar-refractivity contribution in [3.63, 3.8) is 0 Å². The van der Waals surface area contributed by atoms with Crippen LogP contribution in [0.15, 0.2) is 18.3 Å². The molecule has 0 aromatic carbocycles. The van der Waals surface area contributed by atoms with Gasteiger partial charge in [0, 0.05) is 19.3 Å². The number of hydrogen-bond donors (Lipinski definition) is 1. The minimum Gasteiger partial charge on any atom is -0.369 e. The van der Waals surface area contributed by atoms with Gasteiger partial charge in [-0.25, -0.2) is 4.98 Å². The number of nitrogens with one attached hydrogen (secondary N) is 1. The first-order valence-corrected chi connectivity index (χ1v) is 6.64. The maximum Gasteiger partial charge on any atom is 0.143 e. The van der Waals surface area contributed by atoms with E-state index in [4.69, 9.17) is 5.26 Å². The minimum absolute atomic E-state index is 0.626. The summed E-state index contributed by atoms with van der Waals surface area (Å²) in [6.45, 7) is 6.69. The fourth-order valence-corrected chi connectivity index (χ4v) is 2.48. The molecule has 0 saturated carbocycles. The Morgan fingerprint density at radius 3 is 3.28 bits per heavy atom. The molecule has 1 aromatic heterocycles. The molecule has 0 spiro atoms. The number of likely N-dealkylation sites (tertiary alicyclic amines) is 1. The van der Waals surface area contributed by atoms with Gasteiger partial charge < -0.3 is 10.2 Å². The van der Waals surface area contributed by atoms with Crippen molar-refractivity contribution in [3.05, 3.63) is 23.9 Å². The third kappa shape index (κ3) is 3.21. The first-order chi connectivity index (χ1) is 8.83. The Labute approximate surface area is 109 Å². The van der Waals surface area contributed by atoms with Crippen LogP contribution in [0.5, 0.6) is 0 Å². The summed E-state index contributed by atoms with van der Waals surface area (Å²) in [7, 11) is 0. The second-order valence-electron chi connectivity index (χ2n) is 4.85. The number of nitriles is 1. The van der Waals surface area contributed by atoms with E-state index in [1.807, 2.05) is 0 Å². The van der Waals surface area contributed by atoms with Crippen LogP contribution >= 0.6 is 0 Å². The van der Waals surface area contributed by atoms with Gasteiger partial charge in [-0.3, -0.25) is 0 Å². The third-order valence-corrected chi connectivity index (χ3v) is 3.40. The maximum atomic E-state index is 8.98. The zero-order valence-corrected chi connectivity index (χ0v) is 10.9. The van der Waals surface area contributed by atoms with Crippen LogP contribution in [-0.2, 0) is 0 Å². The van der Waals surface area contributed by atoms with Crippen LogP contribution in [0, 0.1) is 17.2 Å². The standard InChI is InChI=1S/C14H20N4/c1-2-7-18-8-5-12(11-18)10-17-14-13(9-15)4-3-6-16-14/h3-4,6,12H,2,5,7-8,10-11H2,1H3,(H,16,17)/t12-/m1/s1. The Morgan fingerprint density at radius 2 is 2.50 bits per heavy atom. The SMILES string of the molecule is CCCN1CC[C@H](CNc2ncccc2C#N)C1. The lowest BCUT2D eigenvalue weighted by Crippen LogP contribution is -2.23. The van der Waals surface area contributed by atoms with E-state index in [-0.39, 0.29) is 0 Å². The van der Waals surface area contributed by atoms with Gasteiger partial charge in [0.15, 0.2) is 0 Å². The topological polar surface area (TPSA) is 52.0 Å². The normalized spacial score (nSPS) is 19.7. The van der Waals surface area contributed by atoms with Gasteiger partial charge in [-0.2, -0.15) is 5.26 Å². The predicted octanol–water partition coefficient (Wildman–Crippen LogP) is 2.10. The smallest absolute Gasteiger partial charge is 0.143 e. The number of nitrogens with zero attached hydrogens (tertiary/aromatic N) is 3. The summed E-state index contributed by atoms with van der Waals surface area (Å²) in [6.07, 6.45) is 4.18. The van der Waals surface area contributed by atoms with Gasteiger partial charge >= 0.3 is 0 Å². The van der Waals surface area contributed by atoms with E-state index in [0.29, 0.717) is 17.3 Å². The van der Waals surface area contributed by atoms with Crippen LogP contribution in [-0.4, -0.2) is 36.1 Å². The highest BCUT2D eigenvalue weighted by atomic mass is 15.1. The third-order valence-electron chi connectivity index (χ3n) is 3.40. The van der Waals surface area contributed by atoms with E-state index in [1.54, 1.807) is 18.3 Å². The highest BCUT2D eigenvalue weighted by Gasteiger charge is 2.21. The summed E-state index contributed by atoms with van der Waals surface area (Å²) in [5, 5.41) is 12.3. The van der Waals surface area contributed by atoms with Crippen LogP contribution in [0.4, 0.5) is 5.82 Å². The molecule has 4 heteroatoms. The van der Waals surface area contributed by atoms with Gasteiger partial charge in [-0.1, -0.05) is 6.92 Å². The van der Waals surface area contributed by atoms with Crippen molar-refractivity contribution in [1.82, 2.24) is 9.88 Å². The molecular formula is C14H20N4. The van der Waals surface area contributed by atoms with Crippen molar-refractivity contribution >= 4 is 5.82 Å². The lowest BCUT2D eigenvalue weighted by atomic mass is 10.1. The van der Waals surface area contributed by atoms with Crippen molar-refractivity contribution in [1.29, 1.82) is 5.26 Å². The van der Waals surface area contributed by atoms with E-state index in [0.717, 1.165) is 13.1 Å². The molecule has 18 heavy (non-hydrogen) atoms. The van der Waals surface area contributed by atoms with Gasteiger partial charge in [0.05, 0.1) is 5.56 Å². The first kappa shape index (κ1) is 12.8. The Morgan fingerprint density at radius 1 is 1.61 bits per heavy atom. The largest absolute Gasteiger partial charge is 0.369 e. The molecule has 1 atom stereocenters. The molecule has 1 saturated heterocycles. The fourth-order valence-electron chi connectivity index (χ4n) is 2.48. The second kappa shape index (κ2) is 6.36. The van der Waals surface area contributed by atoms with Crippen LogP contribution < -0.4 is 5.32 Å². The van der Waals surface area contributed by atoms with Crippen LogP contribution in [0.3, 0.4) is 0 Å². The molecule has 2 rings (SSSR count). The minimum atomic E-state index is 0.626. The Hall–Kier alpha value is -1.60. The van der Waals surface area contributed by atoms with Crippen molar-refractivity contribution < 1.29 is 0 Å². The van der Waals surface area contributed by atoms with E-state index in [2.05, 4.69) is 28.2 Å². The van der Waals surface area contributed by atoms with Gasteiger partial charge in [-0.05, 0) is 44.0 Å². The highest BCUT2D eigenvalue weighted by Crippen LogP contribution is 2.18. The quantitative estimate of drug-likeness (QED) is 0.861. The lowest BCUT2D eigenvalue weighted by molar-refractivity contribution is 0.327. The number of aromatic nitrogens is 1. The average molecular weight is 244 g/mol. The summed E-state index contributed by atoms with van der Waals surface area (Å²) in [5.74, 6) is 1.39. The number of hydrogen-bond acceptors (Lipinski definition) is 4. The molecule has 0 radical (unpaired) electrons. The molecule has 96 valence electrons. The number of pyridine rings is 1. The van der Waals surface area contributed by atoms with Crippen LogP contribution in [0.1, 0.15) is 25.3 Å². The van der Waals surface area contributed by atoms with E-state index >= 15 is 0 Å². The molecule has 1 fully saturated rings. The van der Waals surface area contributed by atoms with Crippen molar-refractivity contribution in [2.24, 2.45) is 5.92 Å². The van der Waals surface area contributed by atoms with Gasteiger partial charge in [-0.15, -0.1) is 0 Å². The Kier molecular flexibility index (Phi) is 4.54. The first-order valence-electron chi connectivity index (χ1n) is 6.64. The second-order valence-corrected chi connectivity index (χ2v) is 4.85. The lowest BCUT2D eigenvalue weighted by Gasteiger charge is -2.15. The number of anilines is 1. The van der Waals surface area contributed by atoms with Crippen molar-refractivity contribution in [2.45, 2.75) is 19.8 Å². The van der Waals surface area contributed by atoms with Gasteiger partial charge in [0.1, 0.15) is 11.9 Å². The number of rotatable bonds is 5. The van der Waals surface area contributed by atoms with E-state index < -0.39 is 0 Å². The zero-order valence-electron chi connectivity index (χ0n) is 10.9. The van der Waals surface area contributed by atoms with Crippen LogP contribution in [0.25, 0.3) is 0 Å². The fraction of sp³-hybridized carbons (Fsp3) is 0.571. The van der Waals surface area contributed by atoms with Gasteiger partial charge in [0.25, 0.3) is 0 Å². The summed E-state index contributed by atoms with van der Waals surface area (Å²) < 4.78 is 0. The van der Waals surface area contributed by atoms with E-state index in [1.165, 1.54) is 25.9 Å². The average Bonchev–Trinajstić information content (AvgIpc) is 2.85. The van der Waals surface area contributed by atoms with Crippen LogP contribution in [0.2, 0.25) is 0 Å². The maximum absolute atomic E-state index is 8.98. The van der Waals surface area contributed by atoms with Gasteiger partial charge in [0.2, 0.25) is 0 Å². The summed E-state index contributed by atoms with van der Waals surface area (Å²) >= 11 is 0. The van der Waals surface area contributed by atoms with Crippen molar-refractivity contribution in [2.75, 3.05) is 31.5 Å². The highest BCUT2D eigenvalue weighted by molar-refractivity contribution is 5.51. The summed E-state index contributed by atoms with van der Waals surface area (Å²) in [6, 6.07) is 5.76.